The Morgan fingerprint density at radius 1 is 1.05 bits per heavy atom. The summed E-state index contributed by atoms with van der Waals surface area (Å²) in [6.45, 7) is 0. The Morgan fingerprint density at radius 3 is 2.55 bits per heavy atom. The van der Waals surface area contributed by atoms with Crippen LogP contribution in [0.1, 0.15) is 0 Å². The number of halogens is 3. The minimum Gasteiger partial charge on any atom is -0.352 e. The van der Waals surface area contributed by atoms with E-state index in [1.54, 1.807) is 12.1 Å². The maximum Gasteiger partial charge on any atom is 0.190 e. The molecular weight excluding hydrogens is 328 g/mol. The second-order valence-electron chi connectivity index (χ2n) is 4.31. The van der Waals surface area contributed by atoms with Crippen LogP contribution in [0.5, 0.6) is 0 Å². The first-order valence-corrected chi connectivity index (χ1v) is 6.63. The third kappa shape index (κ3) is 2.04. The zero-order chi connectivity index (χ0) is 14.3. The molecule has 3 rings (SSSR count). The van der Waals surface area contributed by atoms with Crippen molar-refractivity contribution in [2.24, 2.45) is 0 Å². The van der Waals surface area contributed by atoms with Crippen LogP contribution in [0, 0.1) is 11.6 Å². The Morgan fingerprint density at radius 2 is 1.80 bits per heavy atom. The molecular formula is C15H8BrF2NO. The average molecular weight is 336 g/mol. The second kappa shape index (κ2) is 4.83. The van der Waals surface area contributed by atoms with Crippen LogP contribution in [0.25, 0.3) is 22.2 Å². The van der Waals surface area contributed by atoms with E-state index in [1.165, 1.54) is 30.3 Å². The summed E-state index contributed by atoms with van der Waals surface area (Å²) in [7, 11) is 0. The molecule has 3 aromatic rings. The van der Waals surface area contributed by atoms with Crippen molar-refractivity contribution < 1.29 is 8.78 Å². The Labute approximate surface area is 121 Å². The smallest absolute Gasteiger partial charge is 0.190 e. The lowest BCUT2D eigenvalue weighted by Crippen LogP contribution is -2.05. The van der Waals surface area contributed by atoms with Crippen LogP contribution in [0.4, 0.5) is 8.78 Å². The van der Waals surface area contributed by atoms with Gasteiger partial charge in [0.2, 0.25) is 0 Å². The first kappa shape index (κ1) is 13.0. The lowest BCUT2D eigenvalue weighted by Gasteiger charge is -2.07. The number of H-pyrrole nitrogens is 1. The summed E-state index contributed by atoms with van der Waals surface area (Å²) >= 11 is 3.07. The van der Waals surface area contributed by atoms with E-state index in [9.17, 15) is 13.6 Å². The molecule has 0 radical (unpaired) electrons. The monoisotopic (exact) mass is 335 g/mol. The standard InChI is InChI=1S/C15H8BrF2NO/c16-10-6-5-9-13(20)7-12(19-15(9)14(10)18)8-3-1-2-4-11(8)17/h1-7H,(H,19,20). The summed E-state index contributed by atoms with van der Waals surface area (Å²) in [5.41, 5.74) is 0.178. The van der Waals surface area contributed by atoms with E-state index in [0.29, 0.717) is 0 Å². The van der Waals surface area contributed by atoms with Crippen molar-refractivity contribution in [2.45, 2.75) is 0 Å². The molecule has 0 aliphatic heterocycles. The van der Waals surface area contributed by atoms with E-state index in [1.807, 2.05) is 0 Å². The maximum atomic E-state index is 14.1. The molecule has 0 saturated heterocycles. The Bertz CT molecular complexity index is 873. The van der Waals surface area contributed by atoms with Gasteiger partial charge in [0.1, 0.15) is 5.82 Å². The fraction of sp³-hybridized carbons (Fsp3) is 0. The van der Waals surface area contributed by atoms with E-state index in [0.717, 1.165) is 0 Å². The molecule has 1 aromatic heterocycles. The number of rotatable bonds is 1. The molecule has 0 atom stereocenters. The summed E-state index contributed by atoms with van der Waals surface area (Å²) < 4.78 is 28.1. The van der Waals surface area contributed by atoms with Crippen molar-refractivity contribution in [3.05, 3.63) is 68.8 Å². The molecule has 5 heteroatoms. The molecule has 1 N–H and O–H groups in total. The number of hydrogen-bond donors (Lipinski definition) is 1. The number of hydrogen-bond acceptors (Lipinski definition) is 1. The molecule has 0 aliphatic rings. The zero-order valence-electron chi connectivity index (χ0n) is 10.1. The van der Waals surface area contributed by atoms with Crippen molar-refractivity contribution in [3.63, 3.8) is 0 Å². The van der Waals surface area contributed by atoms with Crippen LogP contribution in [-0.2, 0) is 0 Å². The van der Waals surface area contributed by atoms with Crippen LogP contribution in [-0.4, -0.2) is 4.98 Å². The van der Waals surface area contributed by atoms with E-state index in [4.69, 9.17) is 0 Å². The van der Waals surface area contributed by atoms with Crippen LogP contribution in [0.2, 0.25) is 0 Å². The SMILES string of the molecule is O=c1cc(-c2ccccc2F)[nH]c2c(F)c(Br)ccc12. The van der Waals surface area contributed by atoms with Gasteiger partial charge in [-0.25, -0.2) is 8.78 Å². The molecule has 2 aromatic carbocycles. The van der Waals surface area contributed by atoms with Gasteiger partial charge in [-0.15, -0.1) is 0 Å². The Balaban J connectivity index is 2.38. The highest BCUT2D eigenvalue weighted by molar-refractivity contribution is 9.10. The highest BCUT2D eigenvalue weighted by atomic mass is 79.9. The Hall–Kier alpha value is -2.01. The van der Waals surface area contributed by atoms with Crippen LogP contribution in [0.3, 0.4) is 0 Å². The van der Waals surface area contributed by atoms with Gasteiger partial charge in [-0.3, -0.25) is 4.79 Å². The molecule has 0 bridgehead atoms. The van der Waals surface area contributed by atoms with Crippen molar-refractivity contribution in [1.29, 1.82) is 0 Å². The van der Waals surface area contributed by atoms with Gasteiger partial charge >= 0.3 is 0 Å². The number of aromatic nitrogens is 1. The number of pyridine rings is 1. The summed E-state index contributed by atoms with van der Waals surface area (Å²) in [6.07, 6.45) is 0. The van der Waals surface area contributed by atoms with Gasteiger partial charge in [0.15, 0.2) is 11.2 Å². The minimum atomic E-state index is -0.571. The van der Waals surface area contributed by atoms with Crippen LogP contribution < -0.4 is 5.43 Å². The molecule has 20 heavy (non-hydrogen) atoms. The lowest BCUT2D eigenvalue weighted by molar-refractivity contribution is 0.627. The number of benzene rings is 2. The second-order valence-corrected chi connectivity index (χ2v) is 5.17. The van der Waals surface area contributed by atoms with Crippen molar-refractivity contribution in [1.82, 2.24) is 4.98 Å². The predicted molar refractivity (Wildman–Crippen MR) is 77.6 cm³/mol. The first-order valence-electron chi connectivity index (χ1n) is 5.84. The average Bonchev–Trinajstić information content (AvgIpc) is 2.43. The normalized spacial score (nSPS) is 10.9. The largest absolute Gasteiger partial charge is 0.352 e. The fourth-order valence-corrected chi connectivity index (χ4v) is 2.41. The first-order chi connectivity index (χ1) is 9.58. The molecule has 0 unspecified atom stereocenters. The van der Waals surface area contributed by atoms with Gasteiger partial charge in [-0.2, -0.15) is 0 Å². The van der Waals surface area contributed by atoms with Gasteiger partial charge in [-0.05, 0) is 40.2 Å². The Kier molecular flexibility index (Phi) is 3.14. The molecule has 100 valence electrons. The van der Waals surface area contributed by atoms with Crippen molar-refractivity contribution in [3.8, 4) is 11.3 Å². The molecule has 0 amide bonds. The molecule has 2 nitrogen and oxygen atoms in total. The highest BCUT2D eigenvalue weighted by Gasteiger charge is 2.12. The summed E-state index contributed by atoms with van der Waals surface area (Å²) in [4.78, 5) is 14.8. The molecule has 0 aliphatic carbocycles. The zero-order valence-corrected chi connectivity index (χ0v) is 11.7. The molecule has 0 saturated carbocycles. The van der Waals surface area contributed by atoms with Gasteiger partial charge in [0, 0.05) is 17.0 Å². The van der Waals surface area contributed by atoms with E-state index in [2.05, 4.69) is 20.9 Å². The third-order valence-corrected chi connectivity index (χ3v) is 3.67. The maximum absolute atomic E-state index is 14.1. The quantitative estimate of drug-likeness (QED) is 0.709. The van der Waals surface area contributed by atoms with Crippen LogP contribution in [0.15, 0.2) is 51.7 Å². The number of nitrogens with one attached hydrogen (secondary N) is 1. The predicted octanol–water partition coefficient (Wildman–Crippen LogP) is 4.24. The van der Waals surface area contributed by atoms with E-state index >= 15 is 0 Å². The lowest BCUT2D eigenvalue weighted by atomic mass is 10.1. The topological polar surface area (TPSA) is 32.9 Å². The van der Waals surface area contributed by atoms with E-state index in [-0.39, 0.29) is 32.1 Å². The van der Waals surface area contributed by atoms with E-state index < -0.39 is 11.6 Å². The molecule has 1 heterocycles. The summed E-state index contributed by atoms with van der Waals surface area (Å²) in [5, 5.41) is 0.228. The van der Waals surface area contributed by atoms with Crippen molar-refractivity contribution in [2.75, 3.05) is 0 Å². The van der Waals surface area contributed by atoms with Crippen LogP contribution >= 0.6 is 15.9 Å². The minimum absolute atomic E-state index is 0.0603. The number of fused-ring (bicyclic) bond motifs is 1. The van der Waals surface area contributed by atoms with Gasteiger partial charge in [0.05, 0.1) is 15.7 Å². The highest BCUT2D eigenvalue weighted by Crippen LogP contribution is 2.25. The van der Waals surface area contributed by atoms with Crippen molar-refractivity contribution >= 4 is 26.8 Å². The van der Waals surface area contributed by atoms with Gasteiger partial charge in [-0.1, -0.05) is 12.1 Å². The summed E-state index contributed by atoms with van der Waals surface area (Å²) in [6, 6.07) is 10.3. The third-order valence-electron chi connectivity index (χ3n) is 3.06. The molecule has 0 spiro atoms. The van der Waals surface area contributed by atoms with Gasteiger partial charge in [0.25, 0.3) is 0 Å². The fourth-order valence-electron chi connectivity index (χ4n) is 2.08. The molecule has 0 fully saturated rings. The van der Waals surface area contributed by atoms with Gasteiger partial charge < -0.3 is 4.98 Å². The number of aromatic amines is 1. The summed E-state index contributed by atoms with van der Waals surface area (Å²) in [5.74, 6) is -1.05.